The molecule has 0 atom stereocenters. The molecule has 6 heteroatoms. The Kier molecular flexibility index (Phi) is 6.58. The highest BCUT2D eigenvalue weighted by molar-refractivity contribution is 7.99. The molecule has 5 nitrogen and oxygen atoms in total. The molecule has 0 unspecified atom stereocenters. The average Bonchev–Trinajstić information content (AvgIpc) is 3.09. The standard InChI is InChI=1S/C21H30N4OS/c1-5-25-20(18-9-7-6-8-16(18)3)22-23-21(25)27-14-19(26)24(4)17-12-10-15(2)11-13-17/h6-9,15,17H,5,10-14H2,1-4H3. The van der Waals surface area contributed by atoms with Crippen molar-refractivity contribution in [3.8, 4) is 11.4 Å². The lowest BCUT2D eigenvalue weighted by molar-refractivity contribution is -0.129. The van der Waals surface area contributed by atoms with E-state index in [-0.39, 0.29) is 5.91 Å². The van der Waals surface area contributed by atoms with E-state index in [4.69, 9.17) is 0 Å². The second-order valence-corrected chi connectivity index (χ2v) is 8.51. The van der Waals surface area contributed by atoms with Crippen LogP contribution in [-0.4, -0.2) is 44.4 Å². The third-order valence-corrected chi connectivity index (χ3v) is 6.62. The Bertz CT molecular complexity index is 780. The Hall–Kier alpha value is -1.82. The first-order valence-electron chi connectivity index (χ1n) is 9.88. The molecule has 1 amide bonds. The molecule has 1 aliphatic carbocycles. The van der Waals surface area contributed by atoms with Crippen LogP contribution in [0.25, 0.3) is 11.4 Å². The molecular formula is C21H30N4OS. The molecule has 0 saturated heterocycles. The highest BCUT2D eigenvalue weighted by Crippen LogP contribution is 2.28. The lowest BCUT2D eigenvalue weighted by Gasteiger charge is -2.33. The summed E-state index contributed by atoms with van der Waals surface area (Å²) < 4.78 is 2.10. The van der Waals surface area contributed by atoms with Gasteiger partial charge in [0.15, 0.2) is 11.0 Å². The first-order valence-corrected chi connectivity index (χ1v) is 10.9. The number of thioether (sulfide) groups is 1. The van der Waals surface area contributed by atoms with Gasteiger partial charge in [0, 0.05) is 25.2 Å². The van der Waals surface area contributed by atoms with Crippen LogP contribution < -0.4 is 0 Å². The Labute approximate surface area is 166 Å². The molecule has 2 aromatic rings. The largest absolute Gasteiger partial charge is 0.342 e. The highest BCUT2D eigenvalue weighted by Gasteiger charge is 2.25. The Morgan fingerprint density at radius 1 is 1.22 bits per heavy atom. The number of aromatic nitrogens is 3. The molecule has 3 rings (SSSR count). The normalized spacial score (nSPS) is 19.9. The van der Waals surface area contributed by atoms with E-state index in [1.54, 1.807) is 0 Å². The third-order valence-electron chi connectivity index (χ3n) is 5.67. The number of hydrogen-bond donors (Lipinski definition) is 0. The van der Waals surface area contributed by atoms with Crippen molar-refractivity contribution in [2.45, 2.75) is 64.2 Å². The van der Waals surface area contributed by atoms with E-state index >= 15 is 0 Å². The van der Waals surface area contributed by atoms with Gasteiger partial charge >= 0.3 is 0 Å². The monoisotopic (exact) mass is 386 g/mol. The SMILES string of the molecule is CCn1c(SCC(=O)N(C)C2CCC(C)CC2)nnc1-c1ccccc1C. The summed E-state index contributed by atoms with van der Waals surface area (Å²) in [5.74, 6) is 2.26. The second kappa shape index (κ2) is 8.91. The molecule has 0 N–H and O–H groups in total. The van der Waals surface area contributed by atoms with Crippen LogP contribution in [0.15, 0.2) is 29.4 Å². The summed E-state index contributed by atoms with van der Waals surface area (Å²) in [7, 11) is 1.95. The zero-order chi connectivity index (χ0) is 19.4. The average molecular weight is 387 g/mol. The molecular weight excluding hydrogens is 356 g/mol. The van der Waals surface area contributed by atoms with Gasteiger partial charge in [-0.2, -0.15) is 0 Å². The fourth-order valence-corrected chi connectivity index (χ4v) is 4.69. The van der Waals surface area contributed by atoms with Gasteiger partial charge in [0.2, 0.25) is 5.91 Å². The number of carbonyl (C=O) groups excluding carboxylic acids is 1. The molecule has 0 aliphatic heterocycles. The summed E-state index contributed by atoms with van der Waals surface area (Å²) in [4.78, 5) is 14.6. The van der Waals surface area contributed by atoms with Gasteiger partial charge in [-0.05, 0) is 51.0 Å². The van der Waals surface area contributed by atoms with Crippen molar-refractivity contribution >= 4 is 17.7 Å². The predicted molar refractivity (Wildman–Crippen MR) is 111 cm³/mol. The third kappa shape index (κ3) is 4.54. The van der Waals surface area contributed by atoms with Crippen LogP contribution >= 0.6 is 11.8 Å². The Morgan fingerprint density at radius 2 is 1.93 bits per heavy atom. The molecule has 1 aromatic carbocycles. The first kappa shape index (κ1) is 19.9. The highest BCUT2D eigenvalue weighted by atomic mass is 32.2. The smallest absolute Gasteiger partial charge is 0.233 e. The lowest BCUT2D eigenvalue weighted by Crippen LogP contribution is -2.40. The molecule has 0 spiro atoms. The summed E-state index contributed by atoms with van der Waals surface area (Å²) >= 11 is 1.49. The second-order valence-electron chi connectivity index (χ2n) is 7.57. The Balaban J connectivity index is 1.66. The maximum atomic E-state index is 12.7. The maximum absolute atomic E-state index is 12.7. The summed E-state index contributed by atoms with van der Waals surface area (Å²) in [5, 5.41) is 9.58. The van der Waals surface area contributed by atoms with Crippen molar-refractivity contribution in [3.05, 3.63) is 29.8 Å². The summed E-state index contributed by atoms with van der Waals surface area (Å²) in [5.41, 5.74) is 2.27. The molecule has 0 bridgehead atoms. The van der Waals surface area contributed by atoms with Gasteiger partial charge in [-0.1, -0.05) is 43.0 Å². The maximum Gasteiger partial charge on any atom is 0.233 e. The number of benzene rings is 1. The van der Waals surface area contributed by atoms with Crippen LogP contribution in [0.2, 0.25) is 0 Å². The van der Waals surface area contributed by atoms with Crippen molar-refractivity contribution in [1.82, 2.24) is 19.7 Å². The van der Waals surface area contributed by atoms with E-state index in [1.807, 2.05) is 24.1 Å². The van der Waals surface area contributed by atoms with Crippen molar-refractivity contribution in [2.75, 3.05) is 12.8 Å². The van der Waals surface area contributed by atoms with Gasteiger partial charge in [-0.15, -0.1) is 10.2 Å². The van der Waals surface area contributed by atoms with Crippen LogP contribution in [0, 0.1) is 12.8 Å². The van der Waals surface area contributed by atoms with E-state index in [9.17, 15) is 4.79 Å². The molecule has 0 radical (unpaired) electrons. The first-order chi connectivity index (χ1) is 13.0. The van der Waals surface area contributed by atoms with Crippen LogP contribution in [0.4, 0.5) is 0 Å². The van der Waals surface area contributed by atoms with E-state index in [1.165, 1.54) is 30.2 Å². The molecule has 1 saturated carbocycles. The van der Waals surface area contributed by atoms with E-state index in [0.29, 0.717) is 11.8 Å². The molecule has 1 aromatic heterocycles. The summed E-state index contributed by atoms with van der Waals surface area (Å²) in [6.07, 6.45) is 4.69. The fourth-order valence-electron chi connectivity index (χ4n) is 3.77. The molecule has 1 fully saturated rings. The van der Waals surface area contributed by atoms with Gasteiger partial charge < -0.3 is 9.47 Å². The minimum atomic E-state index is 0.183. The van der Waals surface area contributed by atoms with Crippen LogP contribution in [0.1, 0.15) is 45.1 Å². The molecule has 1 heterocycles. The zero-order valence-electron chi connectivity index (χ0n) is 16.8. The van der Waals surface area contributed by atoms with E-state index in [0.717, 1.165) is 41.8 Å². The molecule has 146 valence electrons. The van der Waals surface area contributed by atoms with E-state index in [2.05, 4.69) is 47.7 Å². The van der Waals surface area contributed by atoms with Crippen molar-refractivity contribution in [1.29, 1.82) is 0 Å². The minimum Gasteiger partial charge on any atom is -0.342 e. The van der Waals surface area contributed by atoms with E-state index < -0.39 is 0 Å². The Morgan fingerprint density at radius 3 is 2.59 bits per heavy atom. The summed E-state index contributed by atoms with van der Waals surface area (Å²) in [6.45, 7) is 7.26. The summed E-state index contributed by atoms with van der Waals surface area (Å²) in [6, 6.07) is 8.60. The van der Waals surface area contributed by atoms with Crippen LogP contribution in [0.3, 0.4) is 0 Å². The topological polar surface area (TPSA) is 51.0 Å². The number of amides is 1. The number of aryl methyl sites for hydroxylation is 1. The van der Waals surface area contributed by atoms with Crippen molar-refractivity contribution < 1.29 is 4.79 Å². The fraction of sp³-hybridized carbons (Fsp3) is 0.571. The van der Waals surface area contributed by atoms with Gasteiger partial charge in [-0.3, -0.25) is 4.79 Å². The van der Waals surface area contributed by atoms with Crippen LogP contribution in [0.5, 0.6) is 0 Å². The van der Waals surface area contributed by atoms with Crippen LogP contribution in [-0.2, 0) is 11.3 Å². The van der Waals surface area contributed by atoms with Gasteiger partial charge in [0.25, 0.3) is 0 Å². The number of carbonyl (C=O) groups is 1. The number of rotatable bonds is 6. The molecule has 27 heavy (non-hydrogen) atoms. The predicted octanol–water partition coefficient (Wildman–Crippen LogP) is 4.40. The number of nitrogens with zero attached hydrogens (tertiary/aromatic N) is 4. The molecule has 1 aliphatic rings. The van der Waals surface area contributed by atoms with Gasteiger partial charge in [0.1, 0.15) is 0 Å². The van der Waals surface area contributed by atoms with Crippen molar-refractivity contribution in [3.63, 3.8) is 0 Å². The van der Waals surface area contributed by atoms with Crippen molar-refractivity contribution in [2.24, 2.45) is 5.92 Å². The zero-order valence-corrected chi connectivity index (χ0v) is 17.6. The number of hydrogen-bond acceptors (Lipinski definition) is 4. The van der Waals surface area contributed by atoms with Gasteiger partial charge in [-0.25, -0.2) is 0 Å². The minimum absolute atomic E-state index is 0.183. The van der Waals surface area contributed by atoms with Gasteiger partial charge in [0.05, 0.1) is 5.75 Å². The lowest BCUT2D eigenvalue weighted by atomic mass is 9.87. The quantitative estimate of drug-likeness (QED) is 0.691.